The number of aromatic nitrogens is 2. The second-order valence-corrected chi connectivity index (χ2v) is 3.94. The van der Waals surface area contributed by atoms with E-state index in [1.165, 1.54) is 0 Å². The number of H-pyrrole nitrogens is 1. The number of aromatic amines is 1. The van der Waals surface area contributed by atoms with Crippen LogP contribution in [0.4, 0.5) is 0 Å². The lowest BCUT2D eigenvalue weighted by Gasteiger charge is -2.03. The van der Waals surface area contributed by atoms with Gasteiger partial charge in [-0.1, -0.05) is 0 Å². The van der Waals surface area contributed by atoms with E-state index >= 15 is 0 Å². The lowest BCUT2D eigenvalue weighted by molar-refractivity contribution is 0.149. The Kier molecular flexibility index (Phi) is 4.53. The van der Waals surface area contributed by atoms with E-state index in [4.69, 9.17) is 4.74 Å². The normalized spacial score (nSPS) is 10.5. The predicted octanol–water partition coefficient (Wildman–Crippen LogP) is 1.26. The number of nitrogens with zero attached hydrogens (tertiary/aromatic N) is 1. The fraction of sp³-hybridized carbons (Fsp3) is 0.556. The van der Waals surface area contributed by atoms with Crippen LogP contribution in [0.2, 0.25) is 0 Å². The third kappa shape index (κ3) is 3.06. The van der Waals surface area contributed by atoms with E-state index in [0.29, 0.717) is 29.0 Å². The van der Waals surface area contributed by atoms with E-state index < -0.39 is 0 Å². The van der Waals surface area contributed by atoms with Crippen molar-refractivity contribution in [3.8, 4) is 0 Å². The summed E-state index contributed by atoms with van der Waals surface area (Å²) in [6.45, 7) is 5.06. The highest BCUT2D eigenvalue weighted by molar-refractivity contribution is 14.1. The van der Waals surface area contributed by atoms with Crippen molar-refractivity contribution in [2.75, 3.05) is 13.2 Å². The molecule has 0 amide bonds. The summed E-state index contributed by atoms with van der Waals surface area (Å²) in [6, 6.07) is 0. The number of nitrogens with one attached hydrogen (secondary N) is 1. The molecule has 0 aliphatic heterocycles. The van der Waals surface area contributed by atoms with Crippen LogP contribution in [-0.4, -0.2) is 23.2 Å². The Morgan fingerprint density at radius 2 is 2.29 bits per heavy atom. The molecule has 1 rings (SSSR count). The highest BCUT2D eigenvalue weighted by Crippen LogP contribution is 2.02. The van der Waals surface area contributed by atoms with Gasteiger partial charge in [0, 0.05) is 13.0 Å². The van der Waals surface area contributed by atoms with Gasteiger partial charge in [-0.25, -0.2) is 4.98 Å². The first-order valence-electron chi connectivity index (χ1n) is 4.48. The molecule has 0 saturated carbocycles. The van der Waals surface area contributed by atoms with Crippen LogP contribution in [0.1, 0.15) is 18.4 Å². The van der Waals surface area contributed by atoms with Crippen LogP contribution < -0.4 is 5.56 Å². The summed E-state index contributed by atoms with van der Waals surface area (Å²) in [4.78, 5) is 18.3. The average Bonchev–Trinajstić information content (AvgIpc) is 2.14. The van der Waals surface area contributed by atoms with Crippen molar-refractivity contribution in [3.63, 3.8) is 0 Å². The summed E-state index contributed by atoms with van der Waals surface area (Å²) < 4.78 is 5.84. The van der Waals surface area contributed by atoms with Gasteiger partial charge in [-0.3, -0.25) is 4.79 Å². The Morgan fingerprint density at radius 1 is 1.57 bits per heavy atom. The van der Waals surface area contributed by atoms with Crippen LogP contribution in [0.3, 0.4) is 0 Å². The van der Waals surface area contributed by atoms with Crippen LogP contribution in [0, 0.1) is 10.5 Å². The molecule has 0 radical (unpaired) electrons. The minimum atomic E-state index is -0.0652. The summed E-state index contributed by atoms with van der Waals surface area (Å²) in [5.41, 5.74) is 0.713. The minimum absolute atomic E-state index is 0.0652. The van der Waals surface area contributed by atoms with E-state index in [1.54, 1.807) is 0 Å². The van der Waals surface area contributed by atoms with Gasteiger partial charge in [0.1, 0.15) is 5.82 Å². The summed E-state index contributed by atoms with van der Waals surface area (Å²) in [5.74, 6) is 0.696. The van der Waals surface area contributed by atoms with Gasteiger partial charge >= 0.3 is 0 Å². The monoisotopic (exact) mass is 308 g/mol. The number of rotatable bonds is 4. The second kappa shape index (κ2) is 5.45. The first-order chi connectivity index (χ1) is 6.65. The van der Waals surface area contributed by atoms with Gasteiger partial charge in [0.05, 0.1) is 15.9 Å². The Bertz CT molecular complexity index is 362. The SMILES string of the molecule is CCOCCc1nc(C)c(I)c(=O)[nH]1. The Morgan fingerprint density at radius 3 is 2.86 bits per heavy atom. The zero-order valence-electron chi connectivity index (χ0n) is 8.26. The molecule has 0 spiro atoms. The Hall–Kier alpha value is -0.430. The summed E-state index contributed by atoms with van der Waals surface area (Å²) >= 11 is 1.99. The zero-order valence-corrected chi connectivity index (χ0v) is 10.4. The second-order valence-electron chi connectivity index (χ2n) is 2.86. The summed E-state index contributed by atoms with van der Waals surface area (Å²) in [7, 11) is 0. The third-order valence-corrected chi connectivity index (χ3v) is 3.04. The highest BCUT2D eigenvalue weighted by Gasteiger charge is 2.04. The topological polar surface area (TPSA) is 55.0 Å². The maximum Gasteiger partial charge on any atom is 0.264 e. The molecule has 4 nitrogen and oxygen atoms in total. The maximum absolute atomic E-state index is 11.3. The van der Waals surface area contributed by atoms with Crippen LogP contribution in [0.25, 0.3) is 0 Å². The Balaban J connectivity index is 2.75. The Labute approximate surface area is 96.2 Å². The molecule has 78 valence electrons. The van der Waals surface area contributed by atoms with Crippen molar-refractivity contribution in [2.24, 2.45) is 0 Å². The van der Waals surface area contributed by atoms with E-state index in [-0.39, 0.29) is 5.56 Å². The molecule has 0 fully saturated rings. The van der Waals surface area contributed by atoms with Gasteiger partial charge in [0.25, 0.3) is 5.56 Å². The van der Waals surface area contributed by atoms with Crippen molar-refractivity contribution < 1.29 is 4.74 Å². The molecule has 14 heavy (non-hydrogen) atoms. The number of ether oxygens (including phenoxy) is 1. The van der Waals surface area contributed by atoms with Crippen molar-refractivity contribution in [1.29, 1.82) is 0 Å². The van der Waals surface area contributed by atoms with Crippen molar-refractivity contribution in [1.82, 2.24) is 9.97 Å². The summed E-state index contributed by atoms with van der Waals surface area (Å²) in [5, 5.41) is 0. The van der Waals surface area contributed by atoms with Crippen LogP contribution in [0.5, 0.6) is 0 Å². The van der Waals surface area contributed by atoms with Gasteiger partial charge in [0.15, 0.2) is 0 Å². The quantitative estimate of drug-likeness (QED) is 0.673. The number of aryl methyl sites for hydroxylation is 1. The molecule has 1 aromatic rings. The van der Waals surface area contributed by atoms with E-state index in [0.717, 1.165) is 5.69 Å². The van der Waals surface area contributed by atoms with Gasteiger partial charge in [-0.2, -0.15) is 0 Å². The van der Waals surface area contributed by atoms with Crippen molar-refractivity contribution >= 4 is 22.6 Å². The van der Waals surface area contributed by atoms with Crippen LogP contribution >= 0.6 is 22.6 Å². The lowest BCUT2D eigenvalue weighted by atomic mass is 10.4. The molecule has 5 heteroatoms. The number of hydrogen-bond donors (Lipinski definition) is 1. The zero-order chi connectivity index (χ0) is 10.6. The molecule has 0 aliphatic rings. The van der Waals surface area contributed by atoms with Gasteiger partial charge in [-0.15, -0.1) is 0 Å². The van der Waals surface area contributed by atoms with Crippen LogP contribution in [-0.2, 0) is 11.2 Å². The fourth-order valence-electron chi connectivity index (χ4n) is 1.06. The molecule has 0 aromatic carbocycles. The van der Waals surface area contributed by atoms with Gasteiger partial charge < -0.3 is 9.72 Å². The predicted molar refractivity (Wildman–Crippen MR) is 62.5 cm³/mol. The fourth-order valence-corrected chi connectivity index (χ4v) is 1.32. The standard InChI is InChI=1S/C9H13IN2O2/c1-3-14-5-4-7-11-6(2)8(10)9(13)12-7/h3-5H2,1-2H3,(H,11,12,13). The molecule has 0 atom stereocenters. The molecule has 0 bridgehead atoms. The molecular formula is C9H13IN2O2. The lowest BCUT2D eigenvalue weighted by Crippen LogP contribution is -2.17. The van der Waals surface area contributed by atoms with E-state index in [9.17, 15) is 4.79 Å². The molecule has 1 heterocycles. The number of hydrogen-bond acceptors (Lipinski definition) is 3. The molecular weight excluding hydrogens is 295 g/mol. The van der Waals surface area contributed by atoms with Crippen LogP contribution in [0.15, 0.2) is 4.79 Å². The smallest absolute Gasteiger partial charge is 0.264 e. The largest absolute Gasteiger partial charge is 0.381 e. The highest BCUT2D eigenvalue weighted by atomic mass is 127. The van der Waals surface area contributed by atoms with Crippen molar-refractivity contribution in [2.45, 2.75) is 20.3 Å². The molecule has 1 aromatic heterocycles. The van der Waals surface area contributed by atoms with E-state index in [2.05, 4.69) is 9.97 Å². The molecule has 1 N–H and O–H groups in total. The van der Waals surface area contributed by atoms with E-state index in [1.807, 2.05) is 36.4 Å². The molecule has 0 unspecified atom stereocenters. The van der Waals surface area contributed by atoms with Gasteiger partial charge in [0.2, 0.25) is 0 Å². The number of halogens is 1. The van der Waals surface area contributed by atoms with Crippen molar-refractivity contribution in [3.05, 3.63) is 25.4 Å². The summed E-state index contributed by atoms with van der Waals surface area (Å²) in [6.07, 6.45) is 0.654. The first kappa shape index (κ1) is 11.6. The maximum atomic E-state index is 11.3. The average molecular weight is 308 g/mol. The molecule has 0 saturated heterocycles. The van der Waals surface area contributed by atoms with Gasteiger partial charge in [-0.05, 0) is 36.4 Å². The third-order valence-electron chi connectivity index (χ3n) is 1.76. The first-order valence-corrected chi connectivity index (χ1v) is 5.56. The minimum Gasteiger partial charge on any atom is -0.381 e. The molecule has 0 aliphatic carbocycles.